The molecule has 2 N–H and O–H groups in total. The number of aliphatic carboxylic acids is 2. The van der Waals surface area contributed by atoms with Crippen LogP contribution < -0.4 is 0 Å². The fourth-order valence-electron chi connectivity index (χ4n) is 4.13. The van der Waals surface area contributed by atoms with Crippen LogP contribution in [-0.4, -0.2) is 69.8 Å². The lowest BCUT2D eigenvalue weighted by Crippen LogP contribution is -2.45. The van der Waals surface area contributed by atoms with Crippen molar-refractivity contribution in [3.63, 3.8) is 0 Å². The van der Waals surface area contributed by atoms with Crippen LogP contribution >= 0.6 is 0 Å². The molecule has 2 heterocycles. The first-order chi connectivity index (χ1) is 19.1. The number of carbonyl (C=O) groups is 4. The van der Waals surface area contributed by atoms with E-state index in [2.05, 4.69) is 23.0 Å². The number of benzene rings is 2. The molecule has 1 fully saturated rings. The maximum absolute atomic E-state index is 12.2. The molecule has 4 rings (SSSR count). The van der Waals surface area contributed by atoms with Crippen LogP contribution in [0, 0.1) is 13.8 Å². The Hall–Kier alpha value is -4.57. The van der Waals surface area contributed by atoms with Crippen molar-refractivity contribution >= 4 is 23.9 Å². The van der Waals surface area contributed by atoms with E-state index in [1.165, 1.54) is 49.2 Å². The Labute approximate surface area is 232 Å². The lowest BCUT2D eigenvalue weighted by molar-refractivity contribution is -0.166. The Bertz CT molecular complexity index is 1230. The highest BCUT2D eigenvalue weighted by Crippen LogP contribution is 2.29. The highest BCUT2D eigenvalue weighted by Gasteiger charge is 2.41. The second-order valence-electron chi connectivity index (χ2n) is 9.49. The van der Waals surface area contributed by atoms with Crippen LogP contribution in [0.25, 0.3) is 0 Å². The van der Waals surface area contributed by atoms with Gasteiger partial charge in [0.05, 0.1) is 11.1 Å². The number of pyridine rings is 1. The second-order valence-corrected chi connectivity index (χ2v) is 9.49. The van der Waals surface area contributed by atoms with Gasteiger partial charge in [0.1, 0.15) is 0 Å². The van der Waals surface area contributed by atoms with Gasteiger partial charge < -0.3 is 19.7 Å². The number of rotatable bonds is 8. The molecule has 3 atom stereocenters. The van der Waals surface area contributed by atoms with Gasteiger partial charge in [-0.05, 0) is 76.2 Å². The molecule has 0 radical (unpaired) electrons. The van der Waals surface area contributed by atoms with Crippen molar-refractivity contribution in [1.82, 2.24) is 9.88 Å². The van der Waals surface area contributed by atoms with E-state index < -0.39 is 36.1 Å². The lowest BCUT2D eigenvalue weighted by Gasteiger charge is -2.21. The van der Waals surface area contributed by atoms with Crippen LogP contribution in [0.2, 0.25) is 0 Å². The summed E-state index contributed by atoms with van der Waals surface area (Å²) < 4.78 is 9.64. The third-order valence-electron chi connectivity index (χ3n) is 6.39. The molecule has 3 unspecified atom stereocenters. The zero-order chi connectivity index (χ0) is 29.2. The Kier molecular flexibility index (Phi) is 10.5. The number of ether oxygens (including phenoxy) is 2. The topological polar surface area (TPSA) is 143 Å². The number of esters is 2. The molecule has 0 spiro atoms. The molecule has 10 nitrogen and oxygen atoms in total. The van der Waals surface area contributed by atoms with Crippen LogP contribution in [0.3, 0.4) is 0 Å². The molecule has 2 aromatic carbocycles. The Balaban J connectivity index is 0.000000302. The molecule has 1 aliphatic rings. The van der Waals surface area contributed by atoms with Gasteiger partial charge in [-0.2, -0.15) is 0 Å². The molecule has 1 aromatic heterocycles. The zero-order valence-corrected chi connectivity index (χ0v) is 22.5. The third kappa shape index (κ3) is 8.21. The highest BCUT2D eigenvalue weighted by molar-refractivity contribution is 5.95. The Morgan fingerprint density at radius 1 is 0.825 bits per heavy atom. The summed E-state index contributed by atoms with van der Waals surface area (Å²) in [5, 5.41) is 18.6. The van der Waals surface area contributed by atoms with Crippen molar-refractivity contribution in [2.45, 2.75) is 44.9 Å². The van der Waals surface area contributed by atoms with Crippen molar-refractivity contribution in [2.24, 2.45) is 0 Å². The number of hydrogen-bond acceptors (Lipinski definition) is 8. The predicted molar refractivity (Wildman–Crippen MR) is 145 cm³/mol. The van der Waals surface area contributed by atoms with Gasteiger partial charge in [-0.15, -0.1) is 0 Å². The summed E-state index contributed by atoms with van der Waals surface area (Å²) in [7, 11) is 2.19. The van der Waals surface area contributed by atoms with Crippen LogP contribution in [-0.2, 0) is 19.1 Å². The van der Waals surface area contributed by atoms with Gasteiger partial charge in [-0.25, -0.2) is 19.2 Å². The summed E-state index contributed by atoms with van der Waals surface area (Å²) in [5.74, 6) is -5.62. The molecule has 0 saturated carbocycles. The molecule has 1 saturated heterocycles. The van der Waals surface area contributed by atoms with E-state index in [1.807, 2.05) is 18.5 Å². The Morgan fingerprint density at radius 2 is 1.30 bits per heavy atom. The minimum absolute atomic E-state index is 0.0332. The molecule has 1 aliphatic heterocycles. The second kappa shape index (κ2) is 14.0. The van der Waals surface area contributed by atoms with Gasteiger partial charge in [0.25, 0.3) is 0 Å². The Morgan fingerprint density at radius 3 is 1.65 bits per heavy atom. The van der Waals surface area contributed by atoms with Gasteiger partial charge in [0.2, 0.25) is 12.2 Å². The van der Waals surface area contributed by atoms with Gasteiger partial charge in [0.15, 0.2) is 0 Å². The van der Waals surface area contributed by atoms with Gasteiger partial charge in [0, 0.05) is 18.4 Å². The summed E-state index contributed by atoms with van der Waals surface area (Å²) in [6.45, 7) is 4.81. The van der Waals surface area contributed by atoms with Crippen molar-refractivity contribution in [3.05, 3.63) is 101 Å². The van der Waals surface area contributed by atoms with Gasteiger partial charge in [-0.1, -0.05) is 41.5 Å². The number of carboxylic acid groups (broad SMARTS) is 2. The summed E-state index contributed by atoms with van der Waals surface area (Å²) in [5.41, 5.74) is 3.15. The quantitative estimate of drug-likeness (QED) is 0.395. The van der Waals surface area contributed by atoms with Crippen molar-refractivity contribution in [2.75, 3.05) is 13.6 Å². The lowest BCUT2D eigenvalue weighted by atomic mass is 10.1. The van der Waals surface area contributed by atoms with E-state index in [1.54, 1.807) is 38.1 Å². The molecule has 0 aliphatic carbocycles. The van der Waals surface area contributed by atoms with Crippen molar-refractivity contribution in [3.8, 4) is 0 Å². The molecule has 210 valence electrons. The monoisotopic (exact) mass is 548 g/mol. The maximum atomic E-state index is 12.2. The van der Waals surface area contributed by atoms with Crippen LogP contribution in [0.1, 0.15) is 56.3 Å². The first kappa shape index (κ1) is 30.0. The normalized spacial score (nSPS) is 16.1. The molecule has 3 aromatic rings. The average Bonchev–Trinajstić information content (AvgIpc) is 3.37. The SMILES string of the molecule is CN1CCCC1c1cccnc1.Cc1ccc(C(=O)OC(C(=O)O)C(OC(=O)c2ccc(C)cc2)C(=O)O)cc1. The molecule has 0 amide bonds. The summed E-state index contributed by atoms with van der Waals surface area (Å²) >= 11 is 0. The molecular weight excluding hydrogens is 516 g/mol. The van der Waals surface area contributed by atoms with E-state index in [9.17, 15) is 29.4 Å². The minimum Gasteiger partial charge on any atom is -0.478 e. The first-order valence-electron chi connectivity index (χ1n) is 12.7. The van der Waals surface area contributed by atoms with E-state index in [0.29, 0.717) is 6.04 Å². The van der Waals surface area contributed by atoms with Crippen molar-refractivity contribution in [1.29, 1.82) is 0 Å². The highest BCUT2D eigenvalue weighted by atomic mass is 16.6. The van der Waals surface area contributed by atoms with E-state index in [0.717, 1.165) is 11.1 Å². The zero-order valence-electron chi connectivity index (χ0n) is 22.5. The number of carboxylic acids is 2. The number of aromatic nitrogens is 1. The van der Waals surface area contributed by atoms with Crippen LogP contribution in [0.15, 0.2) is 73.1 Å². The van der Waals surface area contributed by atoms with Crippen LogP contribution in [0.5, 0.6) is 0 Å². The third-order valence-corrected chi connectivity index (χ3v) is 6.39. The van der Waals surface area contributed by atoms with Gasteiger partial charge >= 0.3 is 23.9 Å². The first-order valence-corrected chi connectivity index (χ1v) is 12.7. The van der Waals surface area contributed by atoms with Crippen molar-refractivity contribution < 1.29 is 38.9 Å². The minimum atomic E-state index is -2.22. The van der Waals surface area contributed by atoms with Gasteiger partial charge in [-0.3, -0.25) is 9.88 Å². The molecule has 0 bridgehead atoms. The molecule has 10 heteroatoms. The van der Waals surface area contributed by atoms with Crippen LogP contribution in [0.4, 0.5) is 0 Å². The number of hydrogen-bond donors (Lipinski definition) is 2. The molecular formula is C30H32N2O8. The summed E-state index contributed by atoms with van der Waals surface area (Å²) in [6, 6.07) is 16.9. The van der Waals surface area contributed by atoms with E-state index in [-0.39, 0.29) is 11.1 Å². The summed E-state index contributed by atoms with van der Waals surface area (Å²) in [6.07, 6.45) is 1.96. The number of aryl methyl sites for hydroxylation is 2. The van der Waals surface area contributed by atoms with E-state index in [4.69, 9.17) is 9.47 Å². The average molecular weight is 549 g/mol. The fraction of sp³-hybridized carbons (Fsp3) is 0.300. The maximum Gasteiger partial charge on any atom is 0.349 e. The smallest absolute Gasteiger partial charge is 0.349 e. The largest absolute Gasteiger partial charge is 0.478 e. The number of nitrogens with zero attached hydrogens (tertiary/aromatic N) is 2. The standard InChI is InChI=1S/C20H18O8.C10H14N2/c1-11-3-7-13(8-4-11)19(25)27-15(17(21)22)16(18(23)24)28-20(26)14-9-5-12(2)6-10-14;1-12-7-3-5-10(12)9-4-2-6-11-8-9/h3-10,15-16H,1-2H3,(H,21,22)(H,23,24);2,4,6,8,10H,3,5,7H2,1H3. The summed E-state index contributed by atoms with van der Waals surface area (Å²) in [4.78, 5) is 53.9. The molecule has 40 heavy (non-hydrogen) atoms. The van der Waals surface area contributed by atoms with E-state index >= 15 is 0 Å². The predicted octanol–water partition coefficient (Wildman–Crippen LogP) is 4.07. The fourth-order valence-corrected chi connectivity index (χ4v) is 4.13. The number of carbonyl (C=O) groups excluding carboxylic acids is 2. The number of likely N-dealkylation sites (tertiary alicyclic amines) is 1.